The monoisotopic (exact) mass is 176 g/mol. The van der Waals surface area contributed by atoms with Crippen molar-refractivity contribution in [2.45, 2.75) is 12.8 Å². The second-order valence-corrected chi connectivity index (χ2v) is 5.01. The average molecular weight is 176 g/mol. The quantitative estimate of drug-likeness (QED) is 0.577. The molecular formula is C7H12O3S. The first-order valence-electron chi connectivity index (χ1n) is 3.63. The molecule has 4 heteroatoms. The highest BCUT2D eigenvalue weighted by Crippen LogP contribution is 2.11. The molecule has 0 aliphatic carbocycles. The summed E-state index contributed by atoms with van der Waals surface area (Å²) in [6, 6.07) is 0. The summed E-state index contributed by atoms with van der Waals surface area (Å²) in [6.45, 7) is -0.00444. The van der Waals surface area contributed by atoms with Crippen molar-refractivity contribution in [1.82, 2.24) is 0 Å². The second kappa shape index (κ2) is 3.36. The topological polar surface area (TPSA) is 54.4 Å². The van der Waals surface area contributed by atoms with Crippen LogP contribution in [0.1, 0.15) is 12.8 Å². The summed E-state index contributed by atoms with van der Waals surface area (Å²) in [4.78, 5) is 0. The van der Waals surface area contributed by atoms with E-state index in [0.717, 1.165) is 5.57 Å². The van der Waals surface area contributed by atoms with Gasteiger partial charge < -0.3 is 5.11 Å². The molecular weight excluding hydrogens is 164 g/mol. The Hall–Kier alpha value is -0.350. The van der Waals surface area contributed by atoms with Gasteiger partial charge in [0, 0.05) is 0 Å². The Balaban J connectivity index is 2.65. The molecule has 0 bridgehead atoms. The van der Waals surface area contributed by atoms with E-state index in [1.807, 2.05) is 6.08 Å². The zero-order valence-corrected chi connectivity index (χ0v) is 7.10. The fourth-order valence-corrected chi connectivity index (χ4v) is 2.33. The average Bonchev–Trinajstić information content (AvgIpc) is 2.10. The van der Waals surface area contributed by atoms with E-state index in [4.69, 9.17) is 5.11 Å². The van der Waals surface area contributed by atoms with Gasteiger partial charge in [-0.3, -0.25) is 0 Å². The van der Waals surface area contributed by atoms with Crippen LogP contribution < -0.4 is 0 Å². The number of hydrogen-bond acceptors (Lipinski definition) is 3. The van der Waals surface area contributed by atoms with Crippen molar-refractivity contribution in [3.63, 3.8) is 0 Å². The van der Waals surface area contributed by atoms with Crippen LogP contribution in [0.2, 0.25) is 0 Å². The lowest BCUT2D eigenvalue weighted by Crippen LogP contribution is -2.08. The highest BCUT2D eigenvalue weighted by atomic mass is 32.2. The van der Waals surface area contributed by atoms with E-state index in [-0.39, 0.29) is 18.1 Å². The van der Waals surface area contributed by atoms with Crippen LogP contribution in [0.4, 0.5) is 0 Å². The Kier molecular flexibility index (Phi) is 2.67. The minimum atomic E-state index is -2.83. The Bertz CT molecular complexity index is 251. The van der Waals surface area contributed by atoms with E-state index in [0.29, 0.717) is 12.8 Å². The maximum Gasteiger partial charge on any atom is 0.150 e. The van der Waals surface area contributed by atoms with Crippen molar-refractivity contribution >= 4 is 9.84 Å². The zero-order chi connectivity index (χ0) is 8.32. The molecule has 0 saturated carbocycles. The number of hydrogen-bond donors (Lipinski definition) is 1. The second-order valence-electron chi connectivity index (χ2n) is 2.71. The number of sulfone groups is 1. The van der Waals surface area contributed by atoms with Crippen molar-refractivity contribution < 1.29 is 13.5 Å². The lowest BCUT2D eigenvalue weighted by molar-refractivity contribution is 0.327. The van der Waals surface area contributed by atoms with Gasteiger partial charge in [0.25, 0.3) is 0 Å². The normalized spacial score (nSPS) is 23.9. The Labute approximate surface area is 66.7 Å². The van der Waals surface area contributed by atoms with Gasteiger partial charge in [0.1, 0.15) is 0 Å². The Morgan fingerprint density at radius 1 is 1.45 bits per heavy atom. The molecule has 1 rings (SSSR count). The molecule has 0 unspecified atom stereocenters. The van der Waals surface area contributed by atoms with Gasteiger partial charge >= 0.3 is 0 Å². The van der Waals surface area contributed by atoms with E-state index in [1.165, 1.54) is 0 Å². The zero-order valence-electron chi connectivity index (χ0n) is 6.28. The van der Waals surface area contributed by atoms with Crippen molar-refractivity contribution in [3.05, 3.63) is 11.6 Å². The van der Waals surface area contributed by atoms with Crippen LogP contribution in [0.15, 0.2) is 11.6 Å². The molecule has 3 nitrogen and oxygen atoms in total. The first-order valence-corrected chi connectivity index (χ1v) is 5.45. The summed E-state index contributed by atoms with van der Waals surface area (Å²) in [7, 11) is -2.83. The van der Waals surface area contributed by atoms with Gasteiger partial charge in [-0.15, -0.1) is 0 Å². The van der Waals surface area contributed by atoms with E-state index in [9.17, 15) is 8.42 Å². The number of rotatable bonds is 1. The molecule has 0 atom stereocenters. The molecule has 0 aromatic heterocycles. The summed E-state index contributed by atoms with van der Waals surface area (Å²) in [5, 5.41) is 8.72. The van der Waals surface area contributed by atoms with Crippen LogP contribution in [0.25, 0.3) is 0 Å². The lowest BCUT2D eigenvalue weighted by Gasteiger charge is -1.98. The molecule has 1 N–H and O–H groups in total. The number of aliphatic hydroxyl groups is 1. The smallest absolute Gasteiger partial charge is 0.150 e. The summed E-state index contributed by atoms with van der Waals surface area (Å²) >= 11 is 0. The van der Waals surface area contributed by atoms with Gasteiger partial charge in [-0.05, 0) is 18.4 Å². The first-order chi connectivity index (χ1) is 5.14. The highest BCUT2D eigenvalue weighted by molar-refractivity contribution is 7.91. The summed E-state index contributed by atoms with van der Waals surface area (Å²) in [6.07, 6.45) is 2.88. The fourth-order valence-electron chi connectivity index (χ4n) is 1.08. The molecule has 1 aliphatic heterocycles. The third-order valence-corrected chi connectivity index (χ3v) is 3.48. The number of allylic oxidation sites excluding steroid dienone is 1. The van der Waals surface area contributed by atoms with Crippen LogP contribution in [-0.2, 0) is 9.84 Å². The summed E-state index contributed by atoms with van der Waals surface area (Å²) in [5.74, 6) is 0.426. The molecule has 0 aromatic carbocycles. The molecule has 11 heavy (non-hydrogen) atoms. The van der Waals surface area contributed by atoms with E-state index >= 15 is 0 Å². The molecule has 0 aromatic rings. The van der Waals surface area contributed by atoms with Crippen LogP contribution in [0, 0.1) is 0 Å². The third kappa shape index (κ3) is 2.63. The maximum absolute atomic E-state index is 11.0. The van der Waals surface area contributed by atoms with Gasteiger partial charge in [0.2, 0.25) is 0 Å². The van der Waals surface area contributed by atoms with E-state index in [1.54, 1.807) is 0 Å². The first kappa shape index (κ1) is 8.74. The van der Waals surface area contributed by atoms with E-state index < -0.39 is 9.84 Å². The van der Waals surface area contributed by atoms with Gasteiger partial charge in [-0.2, -0.15) is 0 Å². The van der Waals surface area contributed by atoms with Crippen molar-refractivity contribution in [3.8, 4) is 0 Å². The molecule has 0 fully saturated rings. The molecule has 0 amide bonds. The fraction of sp³-hybridized carbons (Fsp3) is 0.714. The van der Waals surface area contributed by atoms with Crippen LogP contribution in [0.3, 0.4) is 0 Å². The number of aliphatic hydroxyl groups excluding tert-OH is 1. The van der Waals surface area contributed by atoms with Gasteiger partial charge in [-0.25, -0.2) is 8.42 Å². The van der Waals surface area contributed by atoms with Gasteiger partial charge in [0.15, 0.2) is 9.84 Å². The molecule has 0 radical (unpaired) electrons. The lowest BCUT2D eigenvalue weighted by atomic mass is 10.2. The van der Waals surface area contributed by atoms with Gasteiger partial charge in [0.05, 0.1) is 18.1 Å². The van der Waals surface area contributed by atoms with Crippen molar-refractivity contribution in [1.29, 1.82) is 0 Å². The van der Waals surface area contributed by atoms with Crippen LogP contribution >= 0.6 is 0 Å². The third-order valence-electron chi connectivity index (χ3n) is 1.80. The predicted octanol–water partition coefficient (Wildman–Crippen LogP) is 0.114. The molecule has 0 saturated heterocycles. The van der Waals surface area contributed by atoms with Crippen molar-refractivity contribution in [2.75, 3.05) is 18.1 Å². The SMILES string of the molecule is O=S1(=O)CCC=C(CO)CC1. The van der Waals surface area contributed by atoms with E-state index in [2.05, 4.69) is 0 Å². The minimum Gasteiger partial charge on any atom is -0.392 e. The Morgan fingerprint density at radius 3 is 2.82 bits per heavy atom. The van der Waals surface area contributed by atoms with Gasteiger partial charge in [-0.1, -0.05) is 6.08 Å². The molecule has 0 spiro atoms. The molecule has 1 heterocycles. The summed E-state index contributed by atoms with van der Waals surface area (Å²) in [5.41, 5.74) is 0.853. The molecule has 1 aliphatic rings. The predicted molar refractivity (Wildman–Crippen MR) is 43.1 cm³/mol. The minimum absolute atomic E-state index is 0.00444. The largest absolute Gasteiger partial charge is 0.392 e. The van der Waals surface area contributed by atoms with Crippen LogP contribution in [0.5, 0.6) is 0 Å². The molecule has 64 valence electrons. The summed E-state index contributed by atoms with van der Waals surface area (Å²) < 4.78 is 22.0. The highest BCUT2D eigenvalue weighted by Gasteiger charge is 2.14. The Morgan fingerprint density at radius 2 is 2.18 bits per heavy atom. The standard InChI is InChI=1S/C7H12O3S/c8-6-7-2-1-4-11(9,10)5-3-7/h2,8H,1,3-6H2. The van der Waals surface area contributed by atoms with Crippen molar-refractivity contribution in [2.24, 2.45) is 0 Å². The van der Waals surface area contributed by atoms with Crippen LogP contribution in [-0.4, -0.2) is 31.6 Å². The maximum atomic E-state index is 11.0.